The third kappa shape index (κ3) is 1.79. The Balaban J connectivity index is 2.32. The van der Waals surface area contributed by atoms with E-state index in [9.17, 15) is 4.79 Å². The first kappa shape index (κ1) is 6.75. The number of rotatable bonds is 1. The molecule has 0 saturated heterocycles. The van der Waals surface area contributed by atoms with E-state index in [0.29, 0.717) is 12.2 Å². The molecular formula is C7H12O2. The SMILES string of the molecule is O=C1CCC[C@H](CO)C1. The fraction of sp³-hybridized carbons (Fsp3) is 0.857. The molecule has 0 radical (unpaired) electrons. The molecule has 2 heteroatoms. The highest BCUT2D eigenvalue weighted by Crippen LogP contribution is 2.19. The van der Waals surface area contributed by atoms with Crippen LogP contribution in [0.4, 0.5) is 0 Å². The molecule has 52 valence electrons. The number of hydrogen-bond donors (Lipinski definition) is 1. The summed E-state index contributed by atoms with van der Waals surface area (Å²) in [5.74, 6) is 0.589. The average Bonchev–Trinajstić information content (AvgIpc) is 1.88. The second-order valence-corrected chi connectivity index (χ2v) is 2.68. The van der Waals surface area contributed by atoms with Crippen molar-refractivity contribution in [2.45, 2.75) is 25.7 Å². The summed E-state index contributed by atoms with van der Waals surface area (Å²) in [7, 11) is 0. The van der Waals surface area contributed by atoms with Gasteiger partial charge in [0.05, 0.1) is 0 Å². The van der Waals surface area contributed by atoms with Crippen molar-refractivity contribution in [1.29, 1.82) is 0 Å². The summed E-state index contributed by atoms with van der Waals surface area (Å²) in [5, 5.41) is 8.66. The molecule has 0 aromatic rings. The maximum absolute atomic E-state index is 10.7. The molecule has 0 unspecified atom stereocenters. The van der Waals surface area contributed by atoms with Gasteiger partial charge in [0.1, 0.15) is 5.78 Å². The van der Waals surface area contributed by atoms with Crippen LogP contribution >= 0.6 is 0 Å². The lowest BCUT2D eigenvalue weighted by atomic mass is 9.89. The summed E-state index contributed by atoms with van der Waals surface area (Å²) in [4.78, 5) is 10.7. The zero-order chi connectivity index (χ0) is 6.69. The maximum atomic E-state index is 10.7. The molecule has 9 heavy (non-hydrogen) atoms. The Morgan fingerprint density at radius 3 is 2.89 bits per heavy atom. The van der Waals surface area contributed by atoms with E-state index in [1.165, 1.54) is 0 Å². The van der Waals surface area contributed by atoms with Crippen LogP contribution in [0.3, 0.4) is 0 Å². The van der Waals surface area contributed by atoms with Gasteiger partial charge in [-0.2, -0.15) is 0 Å². The second-order valence-electron chi connectivity index (χ2n) is 2.68. The minimum absolute atomic E-state index is 0.186. The van der Waals surface area contributed by atoms with Gasteiger partial charge in [-0.1, -0.05) is 0 Å². The van der Waals surface area contributed by atoms with E-state index >= 15 is 0 Å². The fourth-order valence-electron chi connectivity index (χ4n) is 1.27. The highest BCUT2D eigenvalue weighted by Gasteiger charge is 2.17. The summed E-state index contributed by atoms with van der Waals surface area (Å²) < 4.78 is 0. The van der Waals surface area contributed by atoms with E-state index in [-0.39, 0.29) is 12.5 Å². The van der Waals surface area contributed by atoms with Crippen molar-refractivity contribution in [1.82, 2.24) is 0 Å². The fourth-order valence-corrected chi connectivity index (χ4v) is 1.27. The summed E-state index contributed by atoms with van der Waals surface area (Å²) in [6.07, 6.45) is 3.35. The van der Waals surface area contributed by atoms with Crippen LogP contribution in [0.25, 0.3) is 0 Å². The molecule has 1 rings (SSSR count). The lowest BCUT2D eigenvalue weighted by Gasteiger charge is -2.17. The zero-order valence-electron chi connectivity index (χ0n) is 5.47. The van der Waals surface area contributed by atoms with Gasteiger partial charge in [0.2, 0.25) is 0 Å². The van der Waals surface area contributed by atoms with E-state index in [1.54, 1.807) is 0 Å². The monoisotopic (exact) mass is 128 g/mol. The lowest BCUT2D eigenvalue weighted by molar-refractivity contribution is -0.121. The molecule has 1 atom stereocenters. The standard InChI is InChI=1S/C7H12O2/c8-5-6-2-1-3-7(9)4-6/h6,8H,1-5H2/t6-/m0/s1. The quantitative estimate of drug-likeness (QED) is 0.565. The molecule has 0 aromatic carbocycles. The summed E-state index contributed by atoms with van der Waals surface area (Å²) in [6, 6.07) is 0. The number of carbonyl (C=O) groups excluding carboxylic acids is 1. The van der Waals surface area contributed by atoms with Gasteiger partial charge in [0.25, 0.3) is 0 Å². The Morgan fingerprint density at radius 1 is 1.67 bits per heavy atom. The number of aliphatic hydroxyl groups is 1. The Bertz CT molecular complexity index is 109. The van der Waals surface area contributed by atoms with E-state index in [4.69, 9.17) is 5.11 Å². The van der Waals surface area contributed by atoms with Gasteiger partial charge in [-0.05, 0) is 18.8 Å². The molecule has 2 nitrogen and oxygen atoms in total. The highest BCUT2D eigenvalue weighted by molar-refractivity contribution is 5.79. The lowest BCUT2D eigenvalue weighted by Crippen LogP contribution is -2.17. The van der Waals surface area contributed by atoms with Crippen molar-refractivity contribution < 1.29 is 9.90 Å². The Labute approximate surface area is 54.9 Å². The third-order valence-corrected chi connectivity index (χ3v) is 1.84. The average molecular weight is 128 g/mol. The van der Waals surface area contributed by atoms with Crippen molar-refractivity contribution >= 4 is 5.78 Å². The summed E-state index contributed by atoms with van der Waals surface area (Å²) >= 11 is 0. The van der Waals surface area contributed by atoms with E-state index < -0.39 is 0 Å². The van der Waals surface area contributed by atoms with Gasteiger partial charge < -0.3 is 5.11 Å². The molecule has 1 aliphatic rings. The molecule has 0 heterocycles. The van der Waals surface area contributed by atoms with Gasteiger partial charge in [0, 0.05) is 19.4 Å². The van der Waals surface area contributed by atoms with Crippen LogP contribution in [-0.2, 0) is 4.79 Å². The molecule has 1 fully saturated rings. The van der Waals surface area contributed by atoms with Crippen LogP contribution in [0.5, 0.6) is 0 Å². The summed E-state index contributed by atoms with van der Waals surface area (Å²) in [5.41, 5.74) is 0. The first-order valence-corrected chi connectivity index (χ1v) is 3.45. The van der Waals surface area contributed by atoms with Crippen molar-refractivity contribution in [3.63, 3.8) is 0 Å². The van der Waals surface area contributed by atoms with Crippen LogP contribution in [0.15, 0.2) is 0 Å². The van der Waals surface area contributed by atoms with E-state index in [2.05, 4.69) is 0 Å². The molecule has 1 saturated carbocycles. The predicted molar refractivity (Wildman–Crippen MR) is 34.1 cm³/mol. The molecule has 1 aliphatic carbocycles. The van der Waals surface area contributed by atoms with Crippen LogP contribution in [0.1, 0.15) is 25.7 Å². The Hall–Kier alpha value is -0.370. The van der Waals surface area contributed by atoms with Crippen molar-refractivity contribution in [3.8, 4) is 0 Å². The second kappa shape index (κ2) is 2.97. The third-order valence-electron chi connectivity index (χ3n) is 1.84. The number of Topliss-reactive ketones (excluding diaryl/α,β-unsaturated/α-hetero) is 1. The molecule has 0 aliphatic heterocycles. The van der Waals surface area contributed by atoms with Crippen LogP contribution in [0, 0.1) is 5.92 Å². The Kier molecular flexibility index (Phi) is 2.22. The minimum atomic E-state index is 0.186. The van der Waals surface area contributed by atoms with Crippen LogP contribution in [-0.4, -0.2) is 17.5 Å². The first-order valence-electron chi connectivity index (χ1n) is 3.45. The van der Waals surface area contributed by atoms with Gasteiger partial charge in [-0.15, -0.1) is 0 Å². The summed E-state index contributed by atoms with van der Waals surface area (Å²) in [6.45, 7) is 0.186. The molecule has 0 bridgehead atoms. The van der Waals surface area contributed by atoms with Crippen LogP contribution in [0.2, 0.25) is 0 Å². The number of carbonyl (C=O) groups is 1. The Morgan fingerprint density at radius 2 is 2.44 bits per heavy atom. The van der Waals surface area contributed by atoms with E-state index in [1.807, 2.05) is 0 Å². The van der Waals surface area contributed by atoms with Gasteiger partial charge in [-0.3, -0.25) is 4.79 Å². The van der Waals surface area contributed by atoms with Crippen molar-refractivity contribution in [3.05, 3.63) is 0 Å². The number of aliphatic hydroxyl groups excluding tert-OH is 1. The topological polar surface area (TPSA) is 37.3 Å². The molecule has 0 amide bonds. The largest absolute Gasteiger partial charge is 0.396 e. The normalized spacial score (nSPS) is 28.6. The number of ketones is 1. The van der Waals surface area contributed by atoms with Gasteiger partial charge in [0.15, 0.2) is 0 Å². The van der Waals surface area contributed by atoms with E-state index in [0.717, 1.165) is 19.3 Å². The smallest absolute Gasteiger partial charge is 0.133 e. The molecule has 0 spiro atoms. The predicted octanol–water partition coefficient (Wildman–Crippen LogP) is 0.738. The maximum Gasteiger partial charge on any atom is 0.133 e. The van der Waals surface area contributed by atoms with Crippen LogP contribution < -0.4 is 0 Å². The zero-order valence-corrected chi connectivity index (χ0v) is 5.47. The highest BCUT2D eigenvalue weighted by atomic mass is 16.3. The molecular weight excluding hydrogens is 116 g/mol. The van der Waals surface area contributed by atoms with Crippen molar-refractivity contribution in [2.24, 2.45) is 5.92 Å². The molecule has 0 aromatic heterocycles. The number of hydrogen-bond acceptors (Lipinski definition) is 2. The van der Waals surface area contributed by atoms with Crippen molar-refractivity contribution in [2.75, 3.05) is 6.61 Å². The first-order chi connectivity index (χ1) is 4.33. The van der Waals surface area contributed by atoms with Gasteiger partial charge >= 0.3 is 0 Å². The minimum Gasteiger partial charge on any atom is -0.396 e. The molecule has 1 N–H and O–H groups in total. The van der Waals surface area contributed by atoms with Gasteiger partial charge in [-0.25, -0.2) is 0 Å².